The Morgan fingerprint density at radius 2 is 1.85 bits per heavy atom. The third-order valence-corrected chi connectivity index (χ3v) is 5.60. The van der Waals surface area contributed by atoms with Crippen molar-refractivity contribution in [3.05, 3.63) is 54.1 Å². The minimum atomic E-state index is -3.54. The molecule has 6 nitrogen and oxygen atoms in total. The van der Waals surface area contributed by atoms with Gasteiger partial charge in [-0.25, -0.2) is 12.7 Å². The lowest BCUT2D eigenvalue weighted by molar-refractivity contribution is -0.116. The van der Waals surface area contributed by atoms with Crippen molar-refractivity contribution < 1.29 is 17.9 Å². The summed E-state index contributed by atoms with van der Waals surface area (Å²) in [5.74, 6) is 0.595. The lowest BCUT2D eigenvalue weighted by Gasteiger charge is -2.13. The number of carbonyl (C=O) groups excluding carboxylic acids is 1. The Morgan fingerprint density at radius 1 is 1.12 bits per heavy atom. The average Bonchev–Trinajstić information content (AvgIpc) is 2.61. The third kappa shape index (κ3) is 5.06. The number of anilines is 1. The fraction of sp³-hybridized carbons (Fsp3) is 0.316. The Morgan fingerprint density at radius 3 is 2.54 bits per heavy atom. The van der Waals surface area contributed by atoms with Gasteiger partial charge in [0.2, 0.25) is 15.9 Å². The van der Waals surface area contributed by atoms with E-state index in [0.717, 1.165) is 15.6 Å². The standard InChI is InChI=1S/C19H24N2O4S/c1-4-25-18-11-6-5-8-15(18)12-13-19(22)20-16-9-7-10-17(14-16)26(23,24)21(2)3/h5-11,14H,4,12-13H2,1-3H3,(H,20,22). The first-order chi connectivity index (χ1) is 12.3. The van der Waals surface area contributed by atoms with Crippen LogP contribution in [0.3, 0.4) is 0 Å². The lowest BCUT2D eigenvalue weighted by Crippen LogP contribution is -2.22. The van der Waals surface area contributed by atoms with E-state index in [-0.39, 0.29) is 17.2 Å². The van der Waals surface area contributed by atoms with Crippen LogP contribution in [0.5, 0.6) is 5.75 Å². The summed E-state index contributed by atoms with van der Waals surface area (Å²) in [4.78, 5) is 12.4. The second-order valence-corrected chi connectivity index (χ2v) is 8.06. The second-order valence-electron chi connectivity index (χ2n) is 5.90. The molecule has 1 amide bonds. The molecular formula is C19H24N2O4S. The highest BCUT2D eigenvalue weighted by Gasteiger charge is 2.17. The van der Waals surface area contributed by atoms with Crippen LogP contribution in [0.2, 0.25) is 0 Å². The number of nitrogens with zero attached hydrogens (tertiary/aromatic N) is 1. The van der Waals surface area contributed by atoms with Crippen molar-refractivity contribution in [2.45, 2.75) is 24.7 Å². The molecule has 0 atom stereocenters. The fourth-order valence-electron chi connectivity index (χ4n) is 2.42. The van der Waals surface area contributed by atoms with Gasteiger partial charge >= 0.3 is 0 Å². The summed E-state index contributed by atoms with van der Waals surface area (Å²) in [5, 5.41) is 2.75. The molecule has 0 aliphatic heterocycles. The molecule has 140 valence electrons. The van der Waals surface area contributed by atoms with E-state index < -0.39 is 10.0 Å². The Kier molecular flexibility index (Phi) is 6.76. The number of carbonyl (C=O) groups is 1. The van der Waals surface area contributed by atoms with E-state index >= 15 is 0 Å². The molecule has 0 radical (unpaired) electrons. The fourth-order valence-corrected chi connectivity index (χ4v) is 3.37. The summed E-state index contributed by atoms with van der Waals surface area (Å²) >= 11 is 0. The molecule has 0 aliphatic rings. The summed E-state index contributed by atoms with van der Waals surface area (Å²) < 4.78 is 31.1. The first-order valence-electron chi connectivity index (χ1n) is 8.37. The SMILES string of the molecule is CCOc1ccccc1CCC(=O)Nc1cccc(S(=O)(=O)N(C)C)c1. The molecule has 26 heavy (non-hydrogen) atoms. The zero-order valence-corrected chi connectivity index (χ0v) is 16.0. The molecule has 2 aromatic carbocycles. The smallest absolute Gasteiger partial charge is 0.242 e. The highest BCUT2D eigenvalue weighted by Crippen LogP contribution is 2.21. The van der Waals surface area contributed by atoms with E-state index in [1.165, 1.54) is 26.2 Å². The van der Waals surface area contributed by atoms with Crippen LogP contribution in [0.15, 0.2) is 53.4 Å². The number of nitrogens with one attached hydrogen (secondary N) is 1. The van der Waals surface area contributed by atoms with Crippen LogP contribution < -0.4 is 10.1 Å². The van der Waals surface area contributed by atoms with E-state index in [2.05, 4.69) is 5.32 Å². The van der Waals surface area contributed by atoms with Gasteiger partial charge in [-0.05, 0) is 43.2 Å². The number of hydrogen-bond donors (Lipinski definition) is 1. The van der Waals surface area contributed by atoms with E-state index in [1.807, 2.05) is 31.2 Å². The maximum atomic E-state index is 12.2. The number of aryl methyl sites for hydroxylation is 1. The van der Waals surface area contributed by atoms with Crippen LogP contribution in [-0.2, 0) is 21.2 Å². The Hall–Kier alpha value is -2.38. The monoisotopic (exact) mass is 376 g/mol. The number of ether oxygens (including phenoxy) is 1. The van der Waals surface area contributed by atoms with Gasteiger partial charge in [0.1, 0.15) is 5.75 Å². The minimum absolute atomic E-state index is 0.141. The number of rotatable bonds is 8. The first kappa shape index (κ1) is 19.9. The number of benzene rings is 2. The van der Waals surface area contributed by atoms with E-state index in [4.69, 9.17) is 4.74 Å². The largest absolute Gasteiger partial charge is 0.494 e. The summed E-state index contributed by atoms with van der Waals surface area (Å²) in [7, 11) is -0.600. The van der Waals surface area contributed by atoms with Gasteiger partial charge in [0, 0.05) is 26.2 Å². The van der Waals surface area contributed by atoms with Gasteiger partial charge in [-0.15, -0.1) is 0 Å². The highest BCUT2D eigenvalue weighted by atomic mass is 32.2. The maximum Gasteiger partial charge on any atom is 0.242 e. The van der Waals surface area contributed by atoms with Gasteiger partial charge in [0.15, 0.2) is 0 Å². The van der Waals surface area contributed by atoms with Gasteiger partial charge in [-0.2, -0.15) is 0 Å². The molecule has 0 bridgehead atoms. The van der Waals surface area contributed by atoms with Crippen LogP contribution in [0, 0.1) is 0 Å². The number of para-hydroxylation sites is 1. The van der Waals surface area contributed by atoms with E-state index in [9.17, 15) is 13.2 Å². The molecular weight excluding hydrogens is 352 g/mol. The average molecular weight is 376 g/mol. The van der Waals surface area contributed by atoms with Crippen molar-refractivity contribution in [3.63, 3.8) is 0 Å². The summed E-state index contributed by atoms with van der Waals surface area (Å²) in [6.07, 6.45) is 0.812. The first-order valence-corrected chi connectivity index (χ1v) is 9.81. The minimum Gasteiger partial charge on any atom is -0.494 e. The van der Waals surface area contributed by atoms with Gasteiger partial charge in [-0.3, -0.25) is 4.79 Å². The Labute approximate surface area is 154 Å². The molecule has 0 spiro atoms. The van der Waals surface area contributed by atoms with Gasteiger partial charge in [0.25, 0.3) is 0 Å². The highest BCUT2D eigenvalue weighted by molar-refractivity contribution is 7.89. The summed E-state index contributed by atoms with van der Waals surface area (Å²) in [6.45, 7) is 2.48. The van der Waals surface area contributed by atoms with Crippen molar-refractivity contribution >= 4 is 21.6 Å². The number of amides is 1. The third-order valence-electron chi connectivity index (χ3n) is 3.79. The quantitative estimate of drug-likeness (QED) is 0.769. The van der Waals surface area contributed by atoms with Crippen molar-refractivity contribution in [1.82, 2.24) is 4.31 Å². The van der Waals surface area contributed by atoms with Crippen LogP contribution in [0.4, 0.5) is 5.69 Å². The van der Waals surface area contributed by atoms with E-state index in [0.29, 0.717) is 18.7 Å². The predicted octanol–water partition coefficient (Wildman–Crippen LogP) is 2.91. The van der Waals surface area contributed by atoms with Crippen LogP contribution in [0.1, 0.15) is 18.9 Å². The molecule has 1 N–H and O–H groups in total. The summed E-state index contributed by atoms with van der Waals surface area (Å²) in [5.41, 5.74) is 1.42. The van der Waals surface area contributed by atoms with Gasteiger partial charge in [0.05, 0.1) is 11.5 Å². The lowest BCUT2D eigenvalue weighted by atomic mass is 10.1. The molecule has 7 heteroatoms. The molecule has 0 unspecified atom stereocenters. The topological polar surface area (TPSA) is 75.7 Å². The maximum absolute atomic E-state index is 12.2. The molecule has 0 aliphatic carbocycles. The van der Waals surface area contributed by atoms with Crippen LogP contribution in [-0.4, -0.2) is 39.3 Å². The van der Waals surface area contributed by atoms with E-state index in [1.54, 1.807) is 12.1 Å². The van der Waals surface area contributed by atoms with Gasteiger partial charge in [-0.1, -0.05) is 24.3 Å². The molecule has 0 saturated carbocycles. The molecule has 0 fully saturated rings. The van der Waals surface area contributed by atoms with Crippen molar-refractivity contribution in [2.75, 3.05) is 26.0 Å². The van der Waals surface area contributed by atoms with Crippen molar-refractivity contribution in [1.29, 1.82) is 0 Å². The molecule has 2 rings (SSSR count). The molecule has 0 heterocycles. The van der Waals surface area contributed by atoms with Gasteiger partial charge < -0.3 is 10.1 Å². The summed E-state index contributed by atoms with van der Waals surface area (Å²) in [6, 6.07) is 13.9. The zero-order chi connectivity index (χ0) is 19.2. The second kappa shape index (κ2) is 8.82. The molecule has 2 aromatic rings. The normalized spacial score (nSPS) is 11.4. The number of hydrogen-bond acceptors (Lipinski definition) is 4. The van der Waals surface area contributed by atoms with Crippen LogP contribution >= 0.6 is 0 Å². The molecule has 0 aromatic heterocycles. The van der Waals surface area contributed by atoms with Crippen molar-refractivity contribution in [2.24, 2.45) is 0 Å². The predicted molar refractivity (Wildman–Crippen MR) is 102 cm³/mol. The van der Waals surface area contributed by atoms with Crippen molar-refractivity contribution in [3.8, 4) is 5.75 Å². The van der Waals surface area contributed by atoms with Crippen LogP contribution in [0.25, 0.3) is 0 Å². The number of sulfonamides is 1. The molecule has 0 saturated heterocycles. The Bertz CT molecular complexity index is 863. The zero-order valence-electron chi connectivity index (χ0n) is 15.2. The Balaban J connectivity index is 2.03.